The Morgan fingerprint density at radius 1 is 0.656 bits per heavy atom. The molecule has 0 aliphatic carbocycles. The molecule has 0 heterocycles. The Hall–Kier alpha value is -2.87. The molecule has 1 atom stereocenters. The summed E-state index contributed by atoms with van der Waals surface area (Å²) in [6.07, 6.45) is -17.5. The maximum Gasteiger partial charge on any atom is 0.430 e. The lowest BCUT2D eigenvalue weighted by Crippen LogP contribution is -2.54. The number of nitrogens with two attached hydrogens (primary N) is 2. The number of halogens is 9. The summed E-state index contributed by atoms with van der Waals surface area (Å²) in [7, 11) is 0. The molecule has 0 saturated heterocycles. The Kier molecular flexibility index (Phi) is 6.05. The van der Waals surface area contributed by atoms with Crippen molar-refractivity contribution >= 4 is 11.4 Å². The van der Waals surface area contributed by atoms with Crippen molar-refractivity contribution in [1.29, 1.82) is 0 Å². The van der Waals surface area contributed by atoms with Crippen LogP contribution in [0.15, 0.2) is 36.4 Å². The molecule has 0 bridgehead atoms. The standard InChI is InChI=1S/C18H15F9N2O3/c1-14(30,16(19,20)21)10-4-2-9(7-13(10)29)32-8-3-5-12(28)11(6-8)15(31,17(22,23)24)18(25,26)27/h2-7,30-31H,28-29H2,1H3. The highest BCUT2D eigenvalue weighted by Gasteiger charge is 2.72. The second-order valence-corrected chi connectivity index (χ2v) is 6.88. The highest BCUT2D eigenvalue weighted by molar-refractivity contribution is 5.57. The van der Waals surface area contributed by atoms with Gasteiger partial charge in [-0.2, -0.15) is 39.5 Å². The average Bonchev–Trinajstić information content (AvgIpc) is 2.59. The first-order chi connectivity index (χ1) is 14.2. The fourth-order valence-corrected chi connectivity index (χ4v) is 2.71. The number of aliphatic hydroxyl groups is 2. The van der Waals surface area contributed by atoms with Gasteiger partial charge < -0.3 is 26.4 Å². The molecule has 2 aromatic carbocycles. The lowest BCUT2D eigenvalue weighted by Gasteiger charge is -2.33. The van der Waals surface area contributed by atoms with Crippen molar-refractivity contribution in [1.82, 2.24) is 0 Å². The first kappa shape index (κ1) is 25.4. The Labute approximate surface area is 174 Å². The topological polar surface area (TPSA) is 102 Å². The van der Waals surface area contributed by atoms with Crippen LogP contribution < -0.4 is 16.2 Å². The molecule has 0 spiro atoms. The van der Waals surface area contributed by atoms with Crippen LogP contribution in [0.4, 0.5) is 50.9 Å². The molecule has 0 aromatic heterocycles. The van der Waals surface area contributed by atoms with Gasteiger partial charge in [0.15, 0.2) is 5.60 Å². The maximum absolute atomic E-state index is 13.1. The van der Waals surface area contributed by atoms with Crippen LogP contribution in [-0.4, -0.2) is 28.7 Å². The Morgan fingerprint density at radius 3 is 1.56 bits per heavy atom. The summed E-state index contributed by atoms with van der Waals surface area (Å²) in [4.78, 5) is 0. The number of ether oxygens (including phenoxy) is 1. The lowest BCUT2D eigenvalue weighted by molar-refractivity contribution is -0.376. The quantitative estimate of drug-likeness (QED) is 0.376. The molecule has 1 unspecified atom stereocenters. The van der Waals surface area contributed by atoms with E-state index < -0.39 is 58.0 Å². The van der Waals surface area contributed by atoms with Gasteiger partial charge in [0.2, 0.25) is 0 Å². The summed E-state index contributed by atoms with van der Waals surface area (Å²) in [6.45, 7) is 0.431. The van der Waals surface area contributed by atoms with Crippen LogP contribution in [0.1, 0.15) is 18.1 Å². The predicted octanol–water partition coefficient (Wildman–Crippen LogP) is 4.73. The van der Waals surface area contributed by atoms with Crippen molar-refractivity contribution in [3.05, 3.63) is 47.5 Å². The summed E-state index contributed by atoms with van der Waals surface area (Å²) < 4.78 is 123. The molecule has 0 fully saturated rings. The third kappa shape index (κ3) is 4.24. The molecule has 14 heteroatoms. The molecular formula is C18H15F9N2O3. The van der Waals surface area contributed by atoms with Crippen LogP contribution in [0.3, 0.4) is 0 Å². The van der Waals surface area contributed by atoms with Gasteiger partial charge in [0.05, 0.1) is 0 Å². The third-order valence-corrected chi connectivity index (χ3v) is 4.57. The van der Waals surface area contributed by atoms with Gasteiger partial charge in [-0.25, -0.2) is 0 Å². The van der Waals surface area contributed by atoms with Crippen LogP contribution in [0, 0.1) is 0 Å². The highest BCUT2D eigenvalue weighted by Crippen LogP contribution is 2.52. The van der Waals surface area contributed by atoms with Crippen molar-refractivity contribution in [3.63, 3.8) is 0 Å². The second-order valence-electron chi connectivity index (χ2n) is 6.88. The molecule has 32 heavy (non-hydrogen) atoms. The van der Waals surface area contributed by atoms with E-state index in [2.05, 4.69) is 0 Å². The third-order valence-electron chi connectivity index (χ3n) is 4.57. The van der Waals surface area contributed by atoms with Crippen molar-refractivity contribution in [2.45, 2.75) is 36.7 Å². The molecule has 2 aromatic rings. The molecule has 0 saturated carbocycles. The minimum absolute atomic E-state index is 0.187. The molecule has 0 radical (unpaired) electrons. The van der Waals surface area contributed by atoms with E-state index in [9.17, 15) is 49.7 Å². The summed E-state index contributed by atoms with van der Waals surface area (Å²) in [5.74, 6) is -1.06. The van der Waals surface area contributed by atoms with Crippen molar-refractivity contribution in [2.75, 3.05) is 11.5 Å². The zero-order chi connectivity index (χ0) is 24.9. The summed E-state index contributed by atoms with van der Waals surface area (Å²) in [5, 5.41) is 19.2. The van der Waals surface area contributed by atoms with E-state index in [0.29, 0.717) is 13.0 Å². The molecule has 0 aliphatic heterocycles. The van der Waals surface area contributed by atoms with Crippen molar-refractivity contribution in [2.24, 2.45) is 0 Å². The predicted molar refractivity (Wildman–Crippen MR) is 93.4 cm³/mol. The van der Waals surface area contributed by atoms with E-state index in [0.717, 1.165) is 24.3 Å². The van der Waals surface area contributed by atoms with Crippen molar-refractivity contribution in [3.8, 4) is 11.5 Å². The number of anilines is 2. The Balaban J connectivity index is 2.50. The van der Waals surface area contributed by atoms with E-state index in [1.54, 1.807) is 0 Å². The summed E-state index contributed by atoms with van der Waals surface area (Å²) in [5.41, 5.74) is -2.15. The highest BCUT2D eigenvalue weighted by atomic mass is 19.4. The van der Waals surface area contributed by atoms with Gasteiger partial charge in [-0.1, -0.05) is 6.07 Å². The lowest BCUT2D eigenvalue weighted by atomic mass is 9.90. The van der Waals surface area contributed by atoms with Crippen LogP contribution in [-0.2, 0) is 11.2 Å². The smallest absolute Gasteiger partial charge is 0.430 e. The zero-order valence-electron chi connectivity index (χ0n) is 15.8. The molecule has 0 aliphatic rings. The molecule has 178 valence electrons. The number of hydrogen-bond acceptors (Lipinski definition) is 5. The minimum atomic E-state index is -6.20. The van der Waals surface area contributed by atoms with E-state index in [1.807, 2.05) is 0 Å². The van der Waals surface area contributed by atoms with Crippen LogP contribution in [0.25, 0.3) is 0 Å². The SMILES string of the molecule is CC(O)(c1ccc(Oc2ccc(N)c(C(O)(C(F)(F)F)C(F)(F)F)c2)cc1N)C(F)(F)F. The van der Waals surface area contributed by atoms with Gasteiger partial charge in [0.25, 0.3) is 5.60 Å². The maximum atomic E-state index is 13.1. The number of alkyl halides is 9. The van der Waals surface area contributed by atoms with E-state index >= 15 is 0 Å². The number of rotatable bonds is 4. The van der Waals surface area contributed by atoms with Crippen LogP contribution in [0.2, 0.25) is 0 Å². The molecule has 0 amide bonds. The first-order valence-corrected chi connectivity index (χ1v) is 8.36. The minimum Gasteiger partial charge on any atom is -0.457 e. The summed E-state index contributed by atoms with van der Waals surface area (Å²) >= 11 is 0. The van der Waals surface area contributed by atoms with E-state index in [4.69, 9.17) is 16.2 Å². The summed E-state index contributed by atoms with van der Waals surface area (Å²) in [6, 6.07) is 4.00. The first-order valence-electron chi connectivity index (χ1n) is 8.36. The van der Waals surface area contributed by atoms with E-state index in [-0.39, 0.29) is 11.8 Å². The normalized spacial score (nSPS) is 15.4. The fraction of sp³-hybridized carbons (Fsp3) is 0.333. The van der Waals surface area contributed by atoms with Gasteiger partial charge in [-0.3, -0.25) is 0 Å². The Morgan fingerprint density at radius 2 is 1.12 bits per heavy atom. The molecular weight excluding hydrogens is 463 g/mol. The van der Waals surface area contributed by atoms with Gasteiger partial charge in [0.1, 0.15) is 11.5 Å². The zero-order valence-corrected chi connectivity index (χ0v) is 15.8. The van der Waals surface area contributed by atoms with Crippen LogP contribution >= 0.6 is 0 Å². The van der Waals surface area contributed by atoms with Crippen molar-refractivity contribution < 1.29 is 54.5 Å². The van der Waals surface area contributed by atoms with Gasteiger partial charge in [-0.15, -0.1) is 0 Å². The molecule has 2 rings (SSSR count). The second kappa shape index (κ2) is 7.62. The monoisotopic (exact) mass is 478 g/mol. The molecule has 6 N–H and O–H groups in total. The largest absolute Gasteiger partial charge is 0.457 e. The number of hydrogen-bond donors (Lipinski definition) is 4. The number of benzene rings is 2. The van der Waals surface area contributed by atoms with Gasteiger partial charge >= 0.3 is 18.5 Å². The number of nitrogen functional groups attached to an aromatic ring is 2. The Bertz CT molecular complexity index is 985. The van der Waals surface area contributed by atoms with E-state index in [1.165, 1.54) is 0 Å². The van der Waals surface area contributed by atoms with Gasteiger partial charge in [-0.05, 0) is 31.2 Å². The molecule has 5 nitrogen and oxygen atoms in total. The average molecular weight is 478 g/mol. The van der Waals surface area contributed by atoms with Gasteiger partial charge in [0, 0.05) is 28.6 Å². The van der Waals surface area contributed by atoms with Crippen LogP contribution in [0.5, 0.6) is 11.5 Å². The fourth-order valence-electron chi connectivity index (χ4n) is 2.71.